The van der Waals surface area contributed by atoms with Gasteiger partial charge < -0.3 is 14.6 Å². The second-order valence-electron chi connectivity index (χ2n) is 4.69. The Bertz CT molecular complexity index is 377. The van der Waals surface area contributed by atoms with E-state index in [-0.39, 0.29) is 0 Å². The molecule has 5 nitrogen and oxygen atoms in total. The molecule has 1 unspecified atom stereocenters. The van der Waals surface area contributed by atoms with Crippen molar-refractivity contribution in [3.8, 4) is 0 Å². The number of nitrogens with zero attached hydrogens (tertiary/aromatic N) is 2. The minimum atomic E-state index is -0.410. The summed E-state index contributed by atoms with van der Waals surface area (Å²) in [4.78, 5) is 0. The molecule has 0 aliphatic carbocycles. The normalized spacial score (nSPS) is 12.9. The molecule has 1 aromatic heterocycles. The van der Waals surface area contributed by atoms with Gasteiger partial charge in [0.1, 0.15) is 0 Å². The highest BCUT2D eigenvalue weighted by Crippen LogP contribution is 2.23. The minimum Gasteiger partial charge on any atom is -0.388 e. The Hall–Kier alpha value is -0.910. The van der Waals surface area contributed by atoms with Crippen LogP contribution in [0.3, 0.4) is 0 Å². The van der Waals surface area contributed by atoms with Gasteiger partial charge in [-0.2, -0.15) is 5.10 Å². The van der Waals surface area contributed by atoms with Crippen LogP contribution in [0.5, 0.6) is 0 Å². The molecule has 0 radical (unpaired) electrons. The van der Waals surface area contributed by atoms with Crippen LogP contribution in [0.2, 0.25) is 0 Å². The Labute approximate surface area is 115 Å². The number of aliphatic hydroxyl groups is 1. The van der Waals surface area contributed by atoms with Gasteiger partial charge in [-0.25, -0.2) is 0 Å². The summed E-state index contributed by atoms with van der Waals surface area (Å²) >= 11 is 0. The number of aryl methyl sites for hydroxylation is 2. The fraction of sp³-hybridized carbons (Fsp3) is 0.786. The van der Waals surface area contributed by atoms with Gasteiger partial charge in [0.05, 0.1) is 25.0 Å². The second-order valence-corrected chi connectivity index (χ2v) is 4.69. The van der Waals surface area contributed by atoms with Crippen LogP contribution >= 0.6 is 0 Å². The van der Waals surface area contributed by atoms with E-state index in [1.54, 1.807) is 7.11 Å². The van der Waals surface area contributed by atoms with E-state index in [0.717, 1.165) is 29.9 Å². The molecule has 19 heavy (non-hydrogen) atoms. The molecule has 110 valence electrons. The van der Waals surface area contributed by atoms with Crippen LogP contribution in [-0.2, 0) is 16.0 Å². The molecular formula is C14H26N2O3. The zero-order chi connectivity index (χ0) is 14.3. The maximum Gasteiger partial charge on any atom is 0.0823 e. The first-order valence-corrected chi connectivity index (χ1v) is 6.90. The minimum absolute atomic E-state index is 0.410. The molecule has 0 fully saturated rings. The molecule has 0 saturated heterocycles. The third-order valence-electron chi connectivity index (χ3n) is 3.25. The van der Waals surface area contributed by atoms with E-state index < -0.39 is 6.10 Å². The van der Waals surface area contributed by atoms with E-state index in [4.69, 9.17) is 9.47 Å². The molecule has 1 rings (SSSR count). The van der Waals surface area contributed by atoms with Gasteiger partial charge >= 0.3 is 0 Å². The van der Waals surface area contributed by atoms with E-state index in [2.05, 4.69) is 5.10 Å². The molecule has 1 atom stereocenters. The molecule has 0 aliphatic rings. The fourth-order valence-electron chi connectivity index (χ4n) is 2.18. The van der Waals surface area contributed by atoms with E-state index in [1.165, 1.54) is 0 Å². The van der Waals surface area contributed by atoms with Crippen LogP contribution in [-0.4, -0.2) is 41.8 Å². The van der Waals surface area contributed by atoms with Crippen molar-refractivity contribution in [3.63, 3.8) is 0 Å². The van der Waals surface area contributed by atoms with Gasteiger partial charge in [-0.05, 0) is 26.7 Å². The molecule has 0 aromatic carbocycles. The van der Waals surface area contributed by atoms with Crippen LogP contribution in [0.1, 0.15) is 42.8 Å². The Kier molecular flexibility index (Phi) is 7.05. The quantitative estimate of drug-likeness (QED) is 0.697. The Morgan fingerprint density at radius 2 is 2.00 bits per heavy atom. The van der Waals surface area contributed by atoms with Crippen molar-refractivity contribution in [2.24, 2.45) is 0 Å². The number of aliphatic hydroxyl groups excluding tert-OH is 1. The highest BCUT2D eigenvalue weighted by atomic mass is 16.5. The molecule has 1 aromatic rings. The van der Waals surface area contributed by atoms with Gasteiger partial charge in [0, 0.05) is 31.5 Å². The van der Waals surface area contributed by atoms with E-state index in [9.17, 15) is 5.11 Å². The van der Waals surface area contributed by atoms with Crippen molar-refractivity contribution >= 4 is 0 Å². The Morgan fingerprint density at radius 1 is 1.26 bits per heavy atom. The summed E-state index contributed by atoms with van der Waals surface area (Å²) in [6.45, 7) is 8.72. The van der Waals surface area contributed by atoms with Crippen LogP contribution in [0.4, 0.5) is 0 Å². The summed E-state index contributed by atoms with van der Waals surface area (Å²) in [6.07, 6.45) is 1.22. The number of rotatable bonds is 9. The zero-order valence-corrected chi connectivity index (χ0v) is 12.5. The lowest BCUT2D eigenvalue weighted by atomic mass is 10.1. The monoisotopic (exact) mass is 270 g/mol. The lowest BCUT2D eigenvalue weighted by Gasteiger charge is -2.09. The molecule has 1 N–H and O–H groups in total. The number of ether oxygens (including phenoxy) is 2. The number of methoxy groups -OCH3 is 1. The second kappa shape index (κ2) is 8.30. The van der Waals surface area contributed by atoms with Gasteiger partial charge in [0.2, 0.25) is 0 Å². The van der Waals surface area contributed by atoms with E-state index in [0.29, 0.717) is 26.2 Å². The molecular weight excluding hydrogens is 244 g/mol. The number of aromatic nitrogens is 2. The van der Waals surface area contributed by atoms with Crippen molar-refractivity contribution in [1.29, 1.82) is 0 Å². The third-order valence-corrected chi connectivity index (χ3v) is 3.25. The number of hydrogen-bond acceptors (Lipinski definition) is 4. The summed E-state index contributed by atoms with van der Waals surface area (Å²) in [5.41, 5.74) is 2.96. The summed E-state index contributed by atoms with van der Waals surface area (Å²) in [5, 5.41) is 14.5. The first-order valence-electron chi connectivity index (χ1n) is 6.90. The maximum absolute atomic E-state index is 9.98. The first kappa shape index (κ1) is 16.1. The average Bonchev–Trinajstić information content (AvgIpc) is 2.68. The topological polar surface area (TPSA) is 56.5 Å². The molecule has 5 heteroatoms. The molecule has 0 aliphatic heterocycles. The first-order chi connectivity index (χ1) is 9.11. The van der Waals surface area contributed by atoms with Crippen molar-refractivity contribution in [2.45, 2.75) is 46.3 Å². The third kappa shape index (κ3) is 4.60. The van der Waals surface area contributed by atoms with Crippen LogP contribution in [0.15, 0.2) is 0 Å². The van der Waals surface area contributed by atoms with Crippen LogP contribution in [0.25, 0.3) is 0 Å². The van der Waals surface area contributed by atoms with Crippen molar-refractivity contribution < 1.29 is 14.6 Å². The number of hydrogen-bond donors (Lipinski definition) is 1. The van der Waals surface area contributed by atoms with E-state index in [1.807, 2.05) is 25.5 Å². The summed E-state index contributed by atoms with van der Waals surface area (Å²) in [5.74, 6) is 0. The van der Waals surface area contributed by atoms with Crippen LogP contribution in [0, 0.1) is 13.8 Å². The van der Waals surface area contributed by atoms with E-state index >= 15 is 0 Å². The Morgan fingerprint density at radius 3 is 2.63 bits per heavy atom. The summed E-state index contributed by atoms with van der Waals surface area (Å²) < 4.78 is 12.3. The predicted octanol–water partition coefficient (Wildman–Crippen LogP) is 2.00. The fourth-order valence-corrected chi connectivity index (χ4v) is 2.18. The molecule has 0 saturated carbocycles. The Balaban J connectivity index is 2.46. The smallest absolute Gasteiger partial charge is 0.0823 e. The summed E-state index contributed by atoms with van der Waals surface area (Å²) in [6, 6.07) is 0. The lowest BCUT2D eigenvalue weighted by molar-refractivity contribution is 0.0676. The summed E-state index contributed by atoms with van der Waals surface area (Å²) in [7, 11) is 1.67. The van der Waals surface area contributed by atoms with Gasteiger partial charge in [-0.15, -0.1) is 0 Å². The maximum atomic E-state index is 9.98. The van der Waals surface area contributed by atoms with Gasteiger partial charge in [-0.1, -0.05) is 6.92 Å². The highest BCUT2D eigenvalue weighted by Gasteiger charge is 2.17. The largest absolute Gasteiger partial charge is 0.388 e. The van der Waals surface area contributed by atoms with Crippen molar-refractivity contribution in [2.75, 3.05) is 26.9 Å². The van der Waals surface area contributed by atoms with Gasteiger partial charge in [-0.3, -0.25) is 4.68 Å². The SMILES string of the molecule is CCC(O)c1c(C)nn(CCCOCCOC)c1C. The van der Waals surface area contributed by atoms with Crippen molar-refractivity contribution in [3.05, 3.63) is 17.0 Å². The molecule has 0 spiro atoms. The van der Waals surface area contributed by atoms with Crippen molar-refractivity contribution in [1.82, 2.24) is 9.78 Å². The van der Waals surface area contributed by atoms with Gasteiger partial charge in [0.25, 0.3) is 0 Å². The highest BCUT2D eigenvalue weighted by molar-refractivity contribution is 5.26. The zero-order valence-electron chi connectivity index (χ0n) is 12.5. The standard InChI is InChI=1S/C14H26N2O3/c1-5-13(17)14-11(2)15-16(12(14)3)7-6-8-19-10-9-18-4/h13,17H,5-10H2,1-4H3. The lowest BCUT2D eigenvalue weighted by Crippen LogP contribution is -2.08. The predicted molar refractivity (Wildman–Crippen MR) is 74.3 cm³/mol. The molecule has 1 heterocycles. The molecule has 0 bridgehead atoms. The molecule has 0 amide bonds. The van der Waals surface area contributed by atoms with Gasteiger partial charge in [0.15, 0.2) is 0 Å². The van der Waals surface area contributed by atoms with Crippen LogP contribution < -0.4 is 0 Å². The average molecular weight is 270 g/mol.